The standard InChI is InChI=1S/C13H18ClN3O2/c1-16-7-4-12(15-19)10-8-17(6-3-2-5-14)9-11(10)13(16)18/h8-9,19H,2-7H2,1H3/b15-12+. The van der Waals surface area contributed by atoms with Crippen LogP contribution in [0.15, 0.2) is 17.5 Å². The van der Waals surface area contributed by atoms with Crippen molar-refractivity contribution in [3.8, 4) is 0 Å². The second kappa shape index (κ2) is 6.10. The highest BCUT2D eigenvalue weighted by Gasteiger charge is 2.25. The maximum Gasteiger partial charge on any atom is 0.255 e. The second-order valence-electron chi connectivity index (χ2n) is 4.74. The van der Waals surface area contributed by atoms with Crippen LogP contribution in [0.4, 0.5) is 0 Å². The van der Waals surface area contributed by atoms with E-state index in [9.17, 15) is 4.79 Å². The molecule has 0 spiro atoms. The van der Waals surface area contributed by atoms with Gasteiger partial charge in [-0.05, 0) is 12.8 Å². The normalized spacial score (nSPS) is 17.7. The van der Waals surface area contributed by atoms with Crippen LogP contribution in [0, 0.1) is 0 Å². The van der Waals surface area contributed by atoms with E-state index in [1.165, 1.54) is 0 Å². The minimum atomic E-state index is -0.0234. The molecule has 0 bridgehead atoms. The lowest BCUT2D eigenvalue weighted by atomic mass is 10.1. The van der Waals surface area contributed by atoms with Crippen molar-refractivity contribution < 1.29 is 10.0 Å². The molecule has 2 rings (SSSR count). The molecule has 1 aromatic rings. The van der Waals surface area contributed by atoms with Crippen LogP contribution in [-0.2, 0) is 6.54 Å². The summed E-state index contributed by atoms with van der Waals surface area (Å²) in [5, 5.41) is 12.4. The van der Waals surface area contributed by atoms with Gasteiger partial charge in [0.05, 0.1) is 11.3 Å². The number of carbonyl (C=O) groups excluding carboxylic acids is 1. The van der Waals surface area contributed by atoms with E-state index in [0.29, 0.717) is 30.1 Å². The molecule has 0 aromatic carbocycles. The molecule has 6 heteroatoms. The van der Waals surface area contributed by atoms with E-state index in [-0.39, 0.29) is 5.91 Å². The molecular formula is C13H18ClN3O2. The number of aromatic nitrogens is 1. The highest BCUT2D eigenvalue weighted by Crippen LogP contribution is 2.20. The molecule has 0 saturated heterocycles. The molecular weight excluding hydrogens is 266 g/mol. The van der Waals surface area contributed by atoms with E-state index in [1.54, 1.807) is 11.9 Å². The van der Waals surface area contributed by atoms with Crippen molar-refractivity contribution in [1.29, 1.82) is 0 Å². The molecule has 0 atom stereocenters. The van der Waals surface area contributed by atoms with Crippen molar-refractivity contribution in [2.24, 2.45) is 5.16 Å². The molecule has 5 nitrogen and oxygen atoms in total. The fourth-order valence-electron chi connectivity index (χ4n) is 2.25. The molecule has 1 aromatic heterocycles. The summed E-state index contributed by atoms with van der Waals surface area (Å²) in [7, 11) is 1.76. The highest BCUT2D eigenvalue weighted by molar-refractivity contribution is 6.17. The molecule has 0 radical (unpaired) electrons. The van der Waals surface area contributed by atoms with E-state index in [2.05, 4.69) is 5.16 Å². The van der Waals surface area contributed by atoms with Crippen molar-refractivity contribution in [2.45, 2.75) is 25.8 Å². The van der Waals surface area contributed by atoms with Gasteiger partial charge in [-0.2, -0.15) is 0 Å². The van der Waals surface area contributed by atoms with E-state index >= 15 is 0 Å². The fraction of sp³-hybridized carbons (Fsp3) is 0.538. The molecule has 0 unspecified atom stereocenters. The largest absolute Gasteiger partial charge is 0.411 e. The Labute approximate surface area is 117 Å². The van der Waals surface area contributed by atoms with Crippen molar-refractivity contribution >= 4 is 23.2 Å². The SMILES string of the molecule is CN1CC/C(=N\O)c2cn(CCCCCl)cc2C1=O. The molecule has 1 aliphatic heterocycles. The van der Waals surface area contributed by atoms with Gasteiger partial charge in [0.1, 0.15) is 0 Å². The zero-order valence-corrected chi connectivity index (χ0v) is 11.7. The van der Waals surface area contributed by atoms with Gasteiger partial charge < -0.3 is 14.7 Å². The number of hydrogen-bond donors (Lipinski definition) is 1. The molecule has 0 aliphatic carbocycles. The average Bonchev–Trinajstić information content (AvgIpc) is 2.78. The van der Waals surface area contributed by atoms with Crippen molar-refractivity contribution in [3.05, 3.63) is 23.5 Å². The zero-order valence-electron chi connectivity index (χ0n) is 11.0. The summed E-state index contributed by atoms with van der Waals surface area (Å²) in [4.78, 5) is 13.8. The van der Waals surface area contributed by atoms with Crippen LogP contribution in [-0.4, -0.2) is 45.8 Å². The number of unbranched alkanes of at least 4 members (excludes halogenated alkanes) is 1. The molecule has 19 heavy (non-hydrogen) atoms. The Morgan fingerprint density at radius 1 is 1.37 bits per heavy atom. The third kappa shape index (κ3) is 2.92. The first-order valence-corrected chi connectivity index (χ1v) is 6.93. The van der Waals surface area contributed by atoms with E-state index in [0.717, 1.165) is 24.9 Å². The molecule has 1 N–H and O–H groups in total. The van der Waals surface area contributed by atoms with Gasteiger partial charge in [0.15, 0.2) is 0 Å². The maximum absolute atomic E-state index is 12.2. The zero-order chi connectivity index (χ0) is 13.8. The Balaban J connectivity index is 2.28. The summed E-state index contributed by atoms with van der Waals surface area (Å²) >= 11 is 5.66. The predicted molar refractivity (Wildman–Crippen MR) is 74.3 cm³/mol. The van der Waals surface area contributed by atoms with Gasteiger partial charge in [-0.1, -0.05) is 5.16 Å². The summed E-state index contributed by atoms with van der Waals surface area (Å²) in [6.45, 7) is 1.38. The van der Waals surface area contributed by atoms with Crippen molar-refractivity contribution in [2.75, 3.05) is 19.5 Å². The first kappa shape index (κ1) is 13.9. The number of aryl methyl sites for hydroxylation is 1. The highest BCUT2D eigenvalue weighted by atomic mass is 35.5. The summed E-state index contributed by atoms with van der Waals surface area (Å²) in [6.07, 6.45) is 6.19. The average molecular weight is 284 g/mol. The number of oxime groups is 1. The van der Waals surface area contributed by atoms with Gasteiger partial charge in [0.25, 0.3) is 5.91 Å². The Hall–Kier alpha value is -1.49. The van der Waals surface area contributed by atoms with Crippen LogP contribution in [0.25, 0.3) is 0 Å². The Morgan fingerprint density at radius 3 is 2.79 bits per heavy atom. The van der Waals surface area contributed by atoms with Gasteiger partial charge in [0, 0.05) is 50.4 Å². The lowest BCUT2D eigenvalue weighted by Gasteiger charge is -2.12. The molecule has 1 amide bonds. The Kier molecular flexibility index (Phi) is 4.47. The minimum Gasteiger partial charge on any atom is -0.411 e. The van der Waals surface area contributed by atoms with E-state index in [4.69, 9.17) is 16.8 Å². The van der Waals surface area contributed by atoms with Crippen LogP contribution in [0.5, 0.6) is 0 Å². The monoisotopic (exact) mass is 283 g/mol. The topological polar surface area (TPSA) is 57.8 Å². The first-order valence-electron chi connectivity index (χ1n) is 6.40. The van der Waals surface area contributed by atoms with Crippen molar-refractivity contribution in [3.63, 3.8) is 0 Å². The number of carbonyl (C=O) groups is 1. The number of hydrogen-bond acceptors (Lipinski definition) is 3. The number of rotatable bonds is 4. The van der Waals surface area contributed by atoms with Crippen LogP contribution < -0.4 is 0 Å². The first-order chi connectivity index (χ1) is 9.17. The molecule has 0 saturated carbocycles. The number of nitrogens with zero attached hydrogens (tertiary/aromatic N) is 3. The third-order valence-corrected chi connectivity index (χ3v) is 3.64. The quantitative estimate of drug-likeness (QED) is 0.398. The van der Waals surface area contributed by atoms with Crippen LogP contribution in [0.2, 0.25) is 0 Å². The second-order valence-corrected chi connectivity index (χ2v) is 5.12. The summed E-state index contributed by atoms with van der Waals surface area (Å²) < 4.78 is 1.97. The van der Waals surface area contributed by atoms with E-state index < -0.39 is 0 Å². The third-order valence-electron chi connectivity index (χ3n) is 3.37. The fourth-order valence-corrected chi connectivity index (χ4v) is 2.43. The van der Waals surface area contributed by atoms with Crippen molar-refractivity contribution in [1.82, 2.24) is 9.47 Å². The molecule has 0 fully saturated rings. The number of amides is 1. The van der Waals surface area contributed by atoms with Gasteiger partial charge in [-0.25, -0.2) is 0 Å². The number of halogens is 1. The van der Waals surface area contributed by atoms with Gasteiger partial charge in [0.2, 0.25) is 0 Å². The Morgan fingerprint density at radius 2 is 2.11 bits per heavy atom. The van der Waals surface area contributed by atoms with Crippen LogP contribution in [0.3, 0.4) is 0 Å². The number of fused-ring (bicyclic) bond motifs is 1. The maximum atomic E-state index is 12.2. The van der Waals surface area contributed by atoms with Gasteiger partial charge in [-0.15, -0.1) is 11.6 Å². The summed E-state index contributed by atoms with van der Waals surface area (Å²) in [6, 6.07) is 0. The van der Waals surface area contributed by atoms with Crippen LogP contribution >= 0.6 is 11.6 Å². The Bertz CT molecular complexity index is 496. The van der Waals surface area contributed by atoms with E-state index in [1.807, 2.05) is 17.0 Å². The molecule has 1 aliphatic rings. The number of alkyl halides is 1. The lowest BCUT2D eigenvalue weighted by Crippen LogP contribution is -2.26. The molecule has 104 valence electrons. The summed E-state index contributed by atoms with van der Waals surface area (Å²) in [5.41, 5.74) is 1.92. The predicted octanol–water partition coefficient (Wildman–Crippen LogP) is 2.16. The van der Waals surface area contributed by atoms with Gasteiger partial charge in [-0.3, -0.25) is 4.79 Å². The minimum absolute atomic E-state index is 0.0234. The van der Waals surface area contributed by atoms with Crippen LogP contribution in [0.1, 0.15) is 35.2 Å². The smallest absolute Gasteiger partial charge is 0.255 e. The lowest BCUT2D eigenvalue weighted by molar-refractivity contribution is 0.0801. The summed E-state index contributed by atoms with van der Waals surface area (Å²) in [5.74, 6) is 0.621. The molecule has 2 heterocycles. The van der Waals surface area contributed by atoms with Gasteiger partial charge >= 0.3 is 0 Å².